The molecule has 3 heterocycles. The molecular formula is C21H22Cl2N4O. The normalized spacial score (nSPS) is 15.7. The third-order valence-electron chi connectivity index (χ3n) is 5.12. The number of ether oxygens (including phenoxy) is 1. The molecule has 0 N–H and O–H groups in total. The van der Waals surface area contributed by atoms with Crippen molar-refractivity contribution in [1.29, 1.82) is 0 Å². The van der Waals surface area contributed by atoms with Crippen molar-refractivity contribution in [3.8, 4) is 16.9 Å². The monoisotopic (exact) mass is 416 g/mol. The van der Waals surface area contributed by atoms with Crippen LogP contribution in [-0.2, 0) is 6.61 Å². The number of rotatable bonds is 5. The fraction of sp³-hybridized carbons (Fsp3) is 0.333. The van der Waals surface area contributed by atoms with Crippen LogP contribution in [0.25, 0.3) is 11.1 Å². The van der Waals surface area contributed by atoms with Crippen LogP contribution < -0.4 is 4.74 Å². The maximum Gasteiger partial charge on any atom is 0.138 e. The van der Waals surface area contributed by atoms with Gasteiger partial charge in [-0.25, -0.2) is 0 Å². The molecule has 0 bridgehead atoms. The first-order valence-corrected chi connectivity index (χ1v) is 10.1. The second-order valence-electron chi connectivity index (χ2n) is 7.18. The van der Waals surface area contributed by atoms with Gasteiger partial charge in [-0.3, -0.25) is 9.67 Å². The molecule has 1 aliphatic rings. The van der Waals surface area contributed by atoms with Gasteiger partial charge in [-0.2, -0.15) is 5.10 Å². The van der Waals surface area contributed by atoms with Crippen molar-refractivity contribution in [3.05, 3.63) is 64.7 Å². The van der Waals surface area contributed by atoms with E-state index in [2.05, 4.69) is 32.9 Å². The Bertz CT molecular complexity index is 951. The molecule has 1 aliphatic heterocycles. The SMILES string of the molecule is CN1CCC(n2cc(-c3cncc(OCc4ccc(Cl)cc4Cl)c3)cn2)CC1. The van der Waals surface area contributed by atoms with E-state index >= 15 is 0 Å². The molecule has 0 radical (unpaired) electrons. The number of piperidine rings is 1. The standard InChI is InChI=1S/C21H22Cl2N4O/c1-26-6-4-19(5-7-26)27-13-17(11-25-27)16-8-20(12-24-10-16)28-14-15-2-3-18(22)9-21(15)23/h2-3,8-13,19H,4-7,14H2,1H3. The summed E-state index contributed by atoms with van der Waals surface area (Å²) in [5.41, 5.74) is 2.91. The first-order valence-electron chi connectivity index (χ1n) is 9.33. The van der Waals surface area contributed by atoms with E-state index in [1.165, 1.54) is 0 Å². The summed E-state index contributed by atoms with van der Waals surface area (Å²) in [7, 11) is 2.17. The smallest absolute Gasteiger partial charge is 0.138 e. The lowest BCUT2D eigenvalue weighted by Gasteiger charge is -2.28. The zero-order valence-corrected chi connectivity index (χ0v) is 17.2. The van der Waals surface area contributed by atoms with Crippen LogP contribution in [0, 0.1) is 0 Å². The van der Waals surface area contributed by atoms with E-state index in [9.17, 15) is 0 Å². The Morgan fingerprint density at radius 2 is 1.89 bits per heavy atom. The second-order valence-corrected chi connectivity index (χ2v) is 8.02. The van der Waals surface area contributed by atoms with Gasteiger partial charge >= 0.3 is 0 Å². The van der Waals surface area contributed by atoms with Gasteiger partial charge in [0.1, 0.15) is 12.4 Å². The molecule has 5 nitrogen and oxygen atoms in total. The molecule has 1 saturated heterocycles. The van der Waals surface area contributed by atoms with E-state index in [1.807, 2.05) is 24.5 Å². The van der Waals surface area contributed by atoms with Gasteiger partial charge in [0.05, 0.1) is 18.4 Å². The van der Waals surface area contributed by atoms with Gasteiger partial charge in [-0.05, 0) is 51.2 Å². The number of hydrogen-bond donors (Lipinski definition) is 0. The lowest BCUT2D eigenvalue weighted by Crippen LogP contribution is -2.31. The molecule has 0 spiro atoms. The molecule has 1 fully saturated rings. The highest BCUT2D eigenvalue weighted by atomic mass is 35.5. The van der Waals surface area contributed by atoms with Crippen molar-refractivity contribution < 1.29 is 4.74 Å². The molecule has 3 aromatic rings. The zero-order valence-electron chi connectivity index (χ0n) is 15.7. The van der Waals surface area contributed by atoms with Crippen LogP contribution in [0.4, 0.5) is 0 Å². The van der Waals surface area contributed by atoms with Gasteiger partial charge in [-0.1, -0.05) is 29.3 Å². The first-order chi connectivity index (χ1) is 13.6. The summed E-state index contributed by atoms with van der Waals surface area (Å²) >= 11 is 12.2. The molecule has 0 unspecified atom stereocenters. The largest absolute Gasteiger partial charge is 0.487 e. The molecule has 0 aliphatic carbocycles. The summed E-state index contributed by atoms with van der Waals surface area (Å²) in [4.78, 5) is 6.68. The molecular weight excluding hydrogens is 395 g/mol. The van der Waals surface area contributed by atoms with Crippen LogP contribution in [0.3, 0.4) is 0 Å². The number of likely N-dealkylation sites (tertiary alicyclic amines) is 1. The Morgan fingerprint density at radius 3 is 2.68 bits per heavy atom. The highest BCUT2D eigenvalue weighted by Crippen LogP contribution is 2.27. The minimum atomic E-state index is 0.357. The molecule has 2 aromatic heterocycles. The molecule has 28 heavy (non-hydrogen) atoms. The Hall–Kier alpha value is -2.08. The average molecular weight is 417 g/mol. The molecule has 0 saturated carbocycles. The maximum absolute atomic E-state index is 6.21. The van der Waals surface area contributed by atoms with E-state index in [4.69, 9.17) is 27.9 Å². The van der Waals surface area contributed by atoms with Crippen molar-refractivity contribution in [1.82, 2.24) is 19.7 Å². The summed E-state index contributed by atoms with van der Waals surface area (Å²) in [6.45, 7) is 2.58. The van der Waals surface area contributed by atoms with Crippen molar-refractivity contribution in [2.45, 2.75) is 25.5 Å². The van der Waals surface area contributed by atoms with Crippen LogP contribution in [0.5, 0.6) is 5.75 Å². The molecule has 1 aromatic carbocycles. The summed E-state index contributed by atoms with van der Waals surface area (Å²) < 4.78 is 7.97. The van der Waals surface area contributed by atoms with Crippen molar-refractivity contribution >= 4 is 23.2 Å². The van der Waals surface area contributed by atoms with Gasteiger partial charge in [0, 0.05) is 39.1 Å². The highest BCUT2D eigenvalue weighted by Gasteiger charge is 2.19. The first kappa shape index (κ1) is 19.2. The molecule has 0 amide bonds. The second kappa shape index (κ2) is 8.52. The van der Waals surface area contributed by atoms with Crippen molar-refractivity contribution in [2.75, 3.05) is 20.1 Å². The topological polar surface area (TPSA) is 43.2 Å². The lowest BCUT2D eigenvalue weighted by molar-refractivity contribution is 0.212. The number of aromatic nitrogens is 3. The van der Waals surface area contributed by atoms with Gasteiger partial charge in [0.2, 0.25) is 0 Å². The highest BCUT2D eigenvalue weighted by molar-refractivity contribution is 6.35. The van der Waals surface area contributed by atoms with Gasteiger partial charge < -0.3 is 9.64 Å². The Balaban J connectivity index is 1.45. The summed E-state index contributed by atoms with van der Waals surface area (Å²) in [5.74, 6) is 0.690. The minimum absolute atomic E-state index is 0.357. The van der Waals surface area contributed by atoms with Gasteiger partial charge in [-0.15, -0.1) is 0 Å². The third-order valence-corrected chi connectivity index (χ3v) is 5.71. The van der Waals surface area contributed by atoms with Crippen LogP contribution >= 0.6 is 23.2 Å². The van der Waals surface area contributed by atoms with E-state index in [1.54, 1.807) is 18.3 Å². The number of halogens is 2. The lowest BCUT2D eigenvalue weighted by atomic mass is 10.1. The van der Waals surface area contributed by atoms with E-state index in [0.717, 1.165) is 42.6 Å². The van der Waals surface area contributed by atoms with Crippen LogP contribution in [0.15, 0.2) is 49.1 Å². The van der Waals surface area contributed by atoms with Crippen molar-refractivity contribution in [2.24, 2.45) is 0 Å². The van der Waals surface area contributed by atoms with Gasteiger partial charge in [0.25, 0.3) is 0 Å². The van der Waals surface area contributed by atoms with Crippen LogP contribution in [0.1, 0.15) is 24.4 Å². The zero-order chi connectivity index (χ0) is 19.5. The van der Waals surface area contributed by atoms with E-state index in [0.29, 0.717) is 28.4 Å². The minimum Gasteiger partial charge on any atom is -0.487 e. The van der Waals surface area contributed by atoms with Crippen LogP contribution in [-0.4, -0.2) is 39.8 Å². The number of benzene rings is 1. The molecule has 0 atom stereocenters. The van der Waals surface area contributed by atoms with Crippen LogP contribution in [0.2, 0.25) is 10.0 Å². The number of pyridine rings is 1. The Labute approximate surface area is 174 Å². The third kappa shape index (κ3) is 4.49. The van der Waals surface area contributed by atoms with E-state index in [-0.39, 0.29) is 0 Å². The quantitative estimate of drug-likeness (QED) is 0.580. The Kier molecular flexibility index (Phi) is 5.85. The Morgan fingerprint density at radius 1 is 1.07 bits per heavy atom. The molecule has 146 valence electrons. The summed E-state index contributed by atoms with van der Waals surface area (Å²) in [6.07, 6.45) is 9.79. The predicted octanol–water partition coefficient (Wildman–Crippen LogP) is 5.10. The fourth-order valence-electron chi connectivity index (χ4n) is 3.40. The fourth-order valence-corrected chi connectivity index (χ4v) is 3.86. The summed E-state index contributed by atoms with van der Waals surface area (Å²) in [6, 6.07) is 7.83. The van der Waals surface area contributed by atoms with E-state index < -0.39 is 0 Å². The maximum atomic E-state index is 6.21. The molecule has 4 rings (SSSR count). The predicted molar refractivity (Wildman–Crippen MR) is 112 cm³/mol. The summed E-state index contributed by atoms with van der Waals surface area (Å²) in [5, 5.41) is 5.79. The molecule has 7 heteroatoms. The average Bonchev–Trinajstić information content (AvgIpc) is 3.18. The number of nitrogens with zero attached hydrogens (tertiary/aromatic N) is 4. The van der Waals surface area contributed by atoms with Crippen molar-refractivity contribution in [3.63, 3.8) is 0 Å². The number of hydrogen-bond acceptors (Lipinski definition) is 4. The van der Waals surface area contributed by atoms with Gasteiger partial charge in [0.15, 0.2) is 0 Å².